The van der Waals surface area contributed by atoms with Crippen molar-refractivity contribution >= 4 is 23.8 Å². The van der Waals surface area contributed by atoms with Crippen LogP contribution in [-0.4, -0.2) is 46.4 Å². The van der Waals surface area contributed by atoms with Gasteiger partial charge in [-0.1, -0.05) is 0 Å². The molecule has 0 saturated carbocycles. The molecule has 1 saturated heterocycles. The number of hydrogen-bond donors (Lipinski definition) is 2. The minimum absolute atomic E-state index is 0. The first kappa shape index (κ1) is 16.9. The van der Waals surface area contributed by atoms with Crippen molar-refractivity contribution in [2.24, 2.45) is 0 Å². The number of nitrogens with one attached hydrogen (secondary N) is 2. The first-order valence-electron chi connectivity index (χ1n) is 6.40. The number of benzene rings is 1. The lowest BCUT2D eigenvalue weighted by atomic mass is 10.2. The number of piperazine rings is 1. The first-order chi connectivity index (χ1) is 9.22. The third kappa shape index (κ3) is 4.19. The molecule has 4 nitrogen and oxygen atoms in total. The van der Waals surface area contributed by atoms with Crippen molar-refractivity contribution in [2.75, 3.05) is 56.7 Å². The molecule has 1 aromatic rings. The molecular formula is C13H20ClF2N3O. The van der Waals surface area contributed by atoms with E-state index in [1.54, 1.807) is 12.0 Å². The van der Waals surface area contributed by atoms with E-state index in [4.69, 9.17) is 4.74 Å². The van der Waals surface area contributed by atoms with Gasteiger partial charge >= 0.3 is 0 Å². The van der Waals surface area contributed by atoms with Crippen LogP contribution in [0.15, 0.2) is 12.1 Å². The van der Waals surface area contributed by atoms with Gasteiger partial charge < -0.3 is 20.3 Å². The van der Waals surface area contributed by atoms with Crippen molar-refractivity contribution in [2.45, 2.75) is 0 Å². The molecule has 1 aliphatic heterocycles. The monoisotopic (exact) mass is 307 g/mol. The molecule has 1 fully saturated rings. The second-order valence-corrected chi connectivity index (χ2v) is 4.45. The lowest BCUT2D eigenvalue weighted by molar-refractivity contribution is 0.211. The zero-order valence-electron chi connectivity index (χ0n) is 11.4. The van der Waals surface area contributed by atoms with Gasteiger partial charge in [-0.25, -0.2) is 8.78 Å². The van der Waals surface area contributed by atoms with Gasteiger partial charge in [-0.05, 0) is 12.1 Å². The minimum Gasteiger partial charge on any atom is -0.383 e. The summed E-state index contributed by atoms with van der Waals surface area (Å²) >= 11 is 0. The van der Waals surface area contributed by atoms with Crippen LogP contribution in [0, 0.1) is 11.6 Å². The van der Waals surface area contributed by atoms with Gasteiger partial charge in [0.25, 0.3) is 0 Å². The maximum Gasteiger partial charge on any atom is 0.151 e. The summed E-state index contributed by atoms with van der Waals surface area (Å²) in [4.78, 5) is 1.74. The third-order valence-corrected chi connectivity index (χ3v) is 3.09. The molecule has 0 aliphatic carbocycles. The predicted octanol–water partition coefficient (Wildman–Crippen LogP) is 1.85. The smallest absolute Gasteiger partial charge is 0.151 e. The average molecular weight is 308 g/mol. The summed E-state index contributed by atoms with van der Waals surface area (Å²) in [6.07, 6.45) is 0. The summed E-state index contributed by atoms with van der Waals surface area (Å²) in [5.41, 5.74) is 0.504. The molecule has 114 valence electrons. The predicted molar refractivity (Wildman–Crippen MR) is 79.1 cm³/mol. The Kier molecular flexibility index (Phi) is 6.98. The van der Waals surface area contributed by atoms with Gasteiger partial charge in [0.05, 0.1) is 6.61 Å². The summed E-state index contributed by atoms with van der Waals surface area (Å²) in [5, 5.41) is 6.08. The number of rotatable bonds is 5. The van der Waals surface area contributed by atoms with Crippen molar-refractivity contribution in [3.63, 3.8) is 0 Å². The molecule has 1 aliphatic rings. The number of ether oxygens (including phenoxy) is 1. The van der Waals surface area contributed by atoms with Gasteiger partial charge in [0.1, 0.15) is 5.69 Å². The minimum atomic E-state index is -0.526. The maximum absolute atomic E-state index is 14.0. The maximum atomic E-state index is 14.0. The third-order valence-electron chi connectivity index (χ3n) is 3.09. The molecule has 0 atom stereocenters. The fourth-order valence-electron chi connectivity index (χ4n) is 2.16. The number of methoxy groups -OCH3 is 1. The molecule has 0 unspecified atom stereocenters. The van der Waals surface area contributed by atoms with Crippen molar-refractivity contribution in [1.29, 1.82) is 0 Å². The Labute approximate surface area is 123 Å². The molecular weight excluding hydrogens is 288 g/mol. The van der Waals surface area contributed by atoms with E-state index >= 15 is 0 Å². The second kappa shape index (κ2) is 8.24. The molecule has 0 radical (unpaired) electrons. The highest BCUT2D eigenvalue weighted by Gasteiger charge is 2.19. The van der Waals surface area contributed by atoms with Crippen LogP contribution in [0.3, 0.4) is 0 Å². The number of hydrogen-bond acceptors (Lipinski definition) is 4. The quantitative estimate of drug-likeness (QED) is 0.814. The van der Waals surface area contributed by atoms with Crippen LogP contribution in [-0.2, 0) is 4.74 Å². The zero-order chi connectivity index (χ0) is 13.7. The Balaban J connectivity index is 0.00000200. The van der Waals surface area contributed by atoms with Gasteiger partial charge in [0, 0.05) is 45.5 Å². The van der Waals surface area contributed by atoms with Crippen molar-refractivity contribution in [1.82, 2.24) is 5.32 Å². The molecule has 0 spiro atoms. The summed E-state index contributed by atoms with van der Waals surface area (Å²) in [6, 6.07) is 2.66. The van der Waals surface area contributed by atoms with Crippen molar-refractivity contribution in [3.8, 4) is 0 Å². The highest BCUT2D eigenvalue weighted by molar-refractivity contribution is 5.85. The van der Waals surface area contributed by atoms with Gasteiger partial charge in [-0.3, -0.25) is 0 Å². The topological polar surface area (TPSA) is 36.5 Å². The van der Waals surface area contributed by atoms with Crippen molar-refractivity contribution < 1.29 is 13.5 Å². The van der Waals surface area contributed by atoms with E-state index in [-0.39, 0.29) is 18.1 Å². The van der Waals surface area contributed by atoms with Gasteiger partial charge in [0.2, 0.25) is 0 Å². The standard InChI is InChI=1S/C13H19F2N3O.ClH/c1-19-7-4-17-10-8-11(14)13(12(15)9-10)18-5-2-16-3-6-18;/h8-9,16-17H,2-7H2,1H3;1H. The lowest BCUT2D eigenvalue weighted by Gasteiger charge is -2.30. The van der Waals surface area contributed by atoms with E-state index in [1.165, 1.54) is 12.1 Å². The van der Waals surface area contributed by atoms with Crippen LogP contribution < -0.4 is 15.5 Å². The van der Waals surface area contributed by atoms with E-state index in [2.05, 4.69) is 10.6 Å². The highest BCUT2D eigenvalue weighted by Crippen LogP contribution is 2.27. The number of anilines is 2. The molecule has 0 bridgehead atoms. The van der Waals surface area contributed by atoms with Crippen LogP contribution in [0.4, 0.5) is 20.2 Å². The Bertz CT molecular complexity index is 405. The largest absolute Gasteiger partial charge is 0.383 e. The van der Waals surface area contributed by atoms with Gasteiger partial charge in [0.15, 0.2) is 11.6 Å². The summed E-state index contributed by atoms with van der Waals surface area (Å²) < 4.78 is 32.9. The Morgan fingerprint density at radius 2 is 1.85 bits per heavy atom. The van der Waals surface area contributed by atoms with Gasteiger partial charge in [-0.2, -0.15) is 0 Å². The lowest BCUT2D eigenvalue weighted by Crippen LogP contribution is -2.44. The van der Waals surface area contributed by atoms with Crippen LogP contribution >= 0.6 is 12.4 Å². The summed E-state index contributed by atoms with van der Waals surface area (Å²) in [5.74, 6) is -1.05. The normalized spacial score (nSPS) is 14.8. The van der Waals surface area contributed by atoms with Crippen LogP contribution in [0.2, 0.25) is 0 Å². The Hall–Kier alpha value is -1.11. The van der Waals surface area contributed by atoms with E-state index in [1.807, 2.05) is 0 Å². The number of halogens is 3. The molecule has 20 heavy (non-hydrogen) atoms. The molecule has 2 rings (SSSR count). The molecule has 1 aromatic carbocycles. The number of nitrogens with zero attached hydrogens (tertiary/aromatic N) is 1. The van der Waals surface area contributed by atoms with E-state index < -0.39 is 11.6 Å². The fraction of sp³-hybridized carbons (Fsp3) is 0.538. The fourth-order valence-corrected chi connectivity index (χ4v) is 2.16. The van der Waals surface area contributed by atoms with E-state index in [0.29, 0.717) is 31.9 Å². The van der Waals surface area contributed by atoms with Crippen molar-refractivity contribution in [3.05, 3.63) is 23.8 Å². The Morgan fingerprint density at radius 1 is 1.25 bits per heavy atom. The highest BCUT2D eigenvalue weighted by atomic mass is 35.5. The van der Waals surface area contributed by atoms with E-state index in [9.17, 15) is 8.78 Å². The van der Waals surface area contributed by atoms with Gasteiger partial charge in [-0.15, -0.1) is 12.4 Å². The summed E-state index contributed by atoms with van der Waals surface area (Å²) in [7, 11) is 1.58. The average Bonchev–Trinajstić information content (AvgIpc) is 2.39. The SMILES string of the molecule is COCCNc1cc(F)c(N2CCNCC2)c(F)c1.Cl. The molecule has 0 amide bonds. The van der Waals surface area contributed by atoms with E-state index in [0.717, 1.165) is 13.1 Å². The molecule has 1 heterocycles. The zero-order valence-corrected chi connectivity index (χ0v) is 12.2. The summed E-state index contributed by atoms with van der Waals surface area (Å²) in [6.45, 7) is 3.72. The second-order valence-electron chi connectivity index (χ2n) is 4.45. The molecule has 0 aromatic heterocycles. The first-order valence-corrected chi connectivity index (χ1v) is 6.40. The van der Waals surface area contributed by atoms with Crippen LogP contribution in [0.25, 0.3) is 0 Å². The molecule has 7 heteroatoms. The van der Waals surface area contributed by atoms with Crippen LogP contribution in [0.5, 0.6) is 0 Å². The Morgan fingerprint density at radius 3 is 2.40 bits per heavy atom. The van der Waals surface area contributed by atoms with Crippen LogP contribution in [0.1, 0.15) is 0 Å². The molecule has 2 N–H and O–H groups in total.